The second-order valence-electron chi connectivity index (χ2n) is 6.52. The third kappa shape index (κ3) is 3.73. The van der Waals surface area contributed by atoms with E-state index >= 15 is 0 Å². The zero-order valence-corrected chi connectivity index (χ0v) is 14.4. The normalized spacial score (nSPS) is 20.1. The summed E-state index contributed by atoms with van der Waals surface area (Å²) in [6.07, 6.45) is 5.78. The van der Waals surface area contributed by atoms with E-state index in [0.29, 0.717) is 13.0 Å². The van der Waals surface area contributed by atoms with Crippen molar-refractivity contribution >= 4 is 17.5 Å². The summed E-state index contributed by atoms with van der Waals surface area (Å²) in [5.41, 5.74) is 3.83. The minimum Gasteiger partial charge on any atom is -0.355 e. The molecular weight excluding hydrogens is 302 g/mol. The molecule has 0 saturated heterocycles. The molecule has 1 saturated carbocycles. The van der Waals surface area contributed by atoms with Crippen LogP contribution in [0.3, 0.4) is 0 Å². The SMILES string of the molecule is C#CCCNC(=O)CC1CC(=O)C(c2c(C)cc(C)cc2C)C1=O. The standard InChI is InChI=1S/C20H23NO3/c1-5-6-7-21-17(23)11-15-10-16(22)19(20(15)24)18-13(3)8-12(2)9-14(18)4/h1,8-9,15,19H,6-7,10-11H2,2-4H3,(H,21,23). The Hall–Kier alpha value is -2.41. The second-order valence-corrected chi connectivity index (χ2v) is 6.52. The van der Waals surface area contributed by atoms with E-state index in [4.69, 9.17) is 6.42 Å². The van der Waals surface area contributed by atoms with E-state index in [9.17, 15) is 14.4 Å². The van der Waals surface area contributed by atoms with Gasteiger partial charge in [-0.3, -0.25) is 14.4 Å². The third-order valence-corrected chi connectivity index (χ3v) is 4.51. The van der Waals surface area contributed by atoms with Gasteiger partial charge in [-0.15, -0.1) is 12.3 Å². The summed E-state index contributed by atoms with van der Waals surface area (Å²) < 4.78 is 0. The lowest BCUT2D eigenvalue weighted by atomic mass is 9.86. The van der Waals surface area contributed by atoms with Crippen LogP contribution in [0.4, 0.5) is 0 Å². The average Bonchev–Trinajstić information content (AvgIpc) is 2.74. The van der Waals surface area contributed by atoms with Gasteiger partial charge < -0.3 is 5.32 Å². The molecule has 2 rings (SSSR count). The van der Waals surface area contributed by atoms with Gasteiger partial charge >= 0.3 is 0 Å². The Bertz CT molecular complexity index is 704. The summed E-state index contributed by atoms with van der Waals surface area (Å²) in [6, 6.07) is 3.98. The predicted octanol–water partition coefficient (Wildman–Crippen LogP) is 2.38. The van der Waals surface area contributed by atoms with Crippen molar-refractivity contribution in [3.63, 3.8) is 0 Å². The van der Waals surface area contributed by atoms with Gasteiger partial charge in [-0.2, -0.15) is 0 Å². The molecule has 1 aliphatic carbocycles. The number of benzene rings is 1. The molecule has 0 radical (unpaired) electrons. The van der Waals surface area contributed by atoms with E-state index in [1.165, 1.54) is 0 Å². The second kappa shape index (κ2) is 7.44. The molecular formula is C20H23NO3. The van der Waals surface area contributed by atoms with Crippen molar-refractivity contribution in [2.45, 2.75) is 46.0 Å². The fourth-order valence-corrected chi connectivity index (χ4v) is 3.55. The minimum atomic E-state index is -0.728. The molecule has 0 aromatic heterocycles. The summed E-state index contributed by atoms with van der Waals surface area (Å²) in [7, 11) is 0. The Morgan fingerprint density at radius 2 is 1.88 bits per heavy atom. The summed E-state index contributed by atoms with van der Waals surface area (Å²) >= 11 is 0. The van der Waals surface area contributed by atoms with Crippen LogP contribution in [0.15, 0.2) is 12.1 Å². The molecule has 1 fully saturated rings. The highest BCUT2D eigenvalue weighted by Gasteiger charge is 2.43. The maximum absolute atomic E-state index is 12.7. The number of amides is 1. The zero-order chi connectivity index (χ0) is 17.9. The molecule has 0 aliphatic heterocycles. The first kappa shape index (κ1) is 17.9. The van der Waals surface area contributed by atoms with Crippen molar-refractivity contribution in [3.8, 4) is 12.3 Å². The Morgan fingerprint density at radius 3 is 2.46 bits per heavy atom. The molecule has 2 atom stereocenters. The van der Waals surface area contributed by atoms with Gasteiger partial charge in [0, 0.05) is 31.7 Å². The van der Waals surface area contributed by atoms with Crippen molar-refractivity contribution in [2.24, 2.45) is 5.92 Å². The molecule has 24 heavy (non-hydrogen) atoms. The lowest BCUT2D eigenvalue weighted by Crippen LogP contribution is -2.28. The summed E-state index contributed by atoms with van der Waals surface area (Å²) in [4.78, 5) is 37.1. The summed E-state index contributed by atoms with van der Waals surface area (Å²) in [6.45, 7) is 6.24. The van der Waals surface area contributed by atoms with Crippen LogP contribution in [0, 0.1) is 39.0 Å². The van der Waals surface area contributed by atoms with Crippen molar-refractivity contribution in [1.29, 1.82) is 0 Å². The Balaban J connectivity index is 2.15. The van der Waals surface area contributed by atoms with Gasteiger partial charge in [0.2, 0.25) is 5.91 Å². The first-order valence-electron chi connectivity index (χ1n) is 8.19. The Morgan fingerprint density at radius 1 is 1.25 bits per heavy atom. The largest absolute Gasteiger partial charge is 0.355 e. The Kier molecular flexibility index (Phi) is 5.56. The number of aryl methyl sites for hydroxylation is 3. The van der Waals surface area contributed by atoms with Crippen molar-refractivity contribution in [3.05, 3.63) is 34.4 Å². The third-order valence-electron chi connectivity index (χ3n) is 4.51. The molecule has 1 N–H and O–H groups in total. The van der Waals surface area contributed by atoms with Crippen LogP contribution in [-0.4, -0.2) is 24.0 Å². The lowest BCUT2D eigenvalue weighted by molar-refractivity contribution is -0.128. The van der Waals surface area contributed by atoms with E-state index in [1.54, 1.807) is 0 Å². The maximum Gasteiger partial charge on any atom is 0.220 e. The number of ketones is 2. The van der Waals surface area contributed by atoms with Gasteiger partial charge in [0.25, 0.3) is 0 Å². The smallest absolute Gasteiger partial charge is 0.220 e. The molecule has 126 valence electrons. The topological polar surface area (TPSA) is 63.2 Å². The van der Waals surface area contributed by atoms with E-state index in [0.717, 1.165) is 22.3 Å². The highest BCUT2D eigenvalue weighted by Crippen LogP contribution is 2.37. The molecule has 2 unspecified atom stereocenters. The Labute approximate surface area is 143 Å². The van der Waals surface area contributed by atoms with Gasteiger partial charge in [-0.1, -0.05) is 17.7 Å². The van der Waals surface area contributed by atoms with Crippen LogP contribution in [0.1, 0.15) is 47.4 Å². The lowest BCUT2D eigenvalue weighted by Gasteiger charge is -2.16. The van der Waals surface area contributed by atoms with E-state index in [-0.39, 0.29) is 30.3 Å². The maximum atomic E-state index is 12.7. The van der Waals surface area contributed by atoms with Gasteiger partial charge in [-0.05, 0) is 37.5 Å². The number of Topliss-reactive ketones (excluding diaryl/α,β-unsaturated/α-hetero) is 2. The van der Waals surface area contributed by atoms with Crippen LogP contribution in [-0.2, 0) is 14.4 Å². The van der Waals surface area contributed by atoms with E-state index in [2.05, 4.69) is 11.2 Å². The van der Waals surface area contributed by atoms with Crippen LogP contribution in [0.25, 0.3) is 0 Å². The number of hydrogen-bond donors (Lipinski definition) is 1. The van der Waals surface area contributed by atoms with Crippen LogP contribution < -0.4 is 5.32 Å². The van der Waals surface area contributed by atoms with Crippen LogP contribution in [0.5, 0.6) is 0 Å². The molecule has 0 bridgehead atoms. The minimum absolute atomic E-state index is 0.0512. The van der Waals surface area contributed by atoms with Crippen molar-refractivity contribution < 1.29 is 14.4 Å². The van der Waals surface area contributed by atoms with E-state index < -0.39 is 11.8 Å². The average molecular weight is 325 g/mol. The monoisotopic (exact) mass is 325 g/mol. The fourth-order valence-electron chi connectivity index (χ4n) is 3.55. The number of nitrogens with one attached hydrogen (secondary N) is 1. The van der Waals surface area contributed by atoms with Gasteiger partial charge in [0.05, 0.1) is 0 Å². The molecule has 1 aromatic rings. The van der Waals surface area contributed by atoms with E-state index in [1.807, 2.05) is 32.9 Å². The number of hydrogen-bond acceptors (Lipinski definition) is 3. The summed E-state index contributed by atoms with van der Waals surface area (Å²) in [5.74, 6) is 0.730. The zero-order valence-electron chi connectivity index (χ0n) is 14.4. The van der Waals surface area contributed by atoms with Gasteiger partial charge in [0.15, 0.2) is 5.78 Å². The highest BCUT2D eigenvalue weighted by atomic mass is 16.2. The molecule has 1 aliphatic rings. The van der Waals surface area contributed by atoms with Crippen LogP contribution >= 0.6 is 0 Å². The molecule has 1 amide bonds. The molecule has 1 aromatic carbocycles. The predicted molar refractivity (Wildman–Crippen MR) is 92.6 cm³/mol. The fraction of sp³-hybridized carbons (Fsp3) is 0.450. The van der Waals surface area contributed by atoms with Gasteiger partial charge in [-0.25, -0.2) is 0 Å². The molecule has 4 heteroatoms. The van der Waals surface area contributed by atoms with Gasteiger partial charge in [0.1, 0.15) is 11.7 Å². The van der Waals surface area contributed by atoms with Crippen LogP contribution in [0.2, 0.25) is 0 Å². The molecule has 4 nitrogen and oxygen atoms in total. The molecule has 0 spiro atoms. The number of carbonyl (C=O) groups excluding carboxylic acids is 3. The highest BCUT2D eigenvalue weighted by molar-refractivity contribution is 6.15. The number of terminal acetylenes is 1. The van der Waals surface area contributed by atoms with Crippen molar-refractivity contribution in [1.82, 2.24) is 5.32 Å². The first-order valence-corrected chi connectivity index (χ1v) is 8.19. The molecule has 0 heterocycles. The van der Waals surface area contributed by atoms with Crippen molar-refractivity contribution in [2.75, 3.05) is 6.54 Å². The quantitative estimate of drug-likeness (QED) is 0.513. The summed E-state index contributed by atoms with van der Waals surface area (Å²) in [5, 5.41) is 2.69. The number of carbonyl (C=O) groups is 3. The number of rotatable bonds is 5. The first-order chi connectivity index (χ1) is 11.3.